The lowest BCUT2D eigenvalue weighted by Crippen LogP contribution is -2.36. The van der Waals surface area contributed by atoms with E-state index in [2.05, 4.69) is 18.8 Å². The van der Waals surface area contributed by atoms with Crippen molar-refractivity contribution in [3.63, 3.8) is 0 Å². The van der Waals surface area contributed by atoms with Gasteiger partial charge >= 0.3 is 0 Å². The van der Waals surface area contributed by atoms with E-state index in [1.807, 2.05) is 30.3 Å². The molecule has 5 nitrogen and oxygen atoms in total. The Kier molecular flexibility index (Phi) is 9.28. The molecule has 0 bridgehead atoms. The first-order valence-corrected chi connectivity index (χ1v) is 14.0. The summed E-state index contributed by atoms with van der Waals surface area (Å²) in [5.74, 6) is 5.32. The van der Waals surface area contributed by atoms with Gasteiger partial charge in [0.25, 0.3) is 0 Å². The number of aliphatic hydroxyl groups is 1. The highest BCUT2D eigenvalue weighted by atomic mass is 16.5. The molecule has 2 aliphatic rings. The zero-order chi connectivity index (χ0) is 27.1. The SMILES string of the molecule is CCCC1(CC[C@@H]2CC#C[C@@H](c3ccccc3)c3cc(O)c(OC)cc3CCC(=O)[C@@H](O)C2=O)CCCC1. The second-order valence-electron chi connectivity index (χ2n) is 11.1. The summed E-state index contributed by atoms with van der Waals surface area (Å²) in [6, 6.07) is 13.3. The normalized spacial score (nSPS) is 23.5. The molecule has 0 unspecified atom stereocenters. The molecule has 0 radical (unpaired) electrons. The van der Waals surface area contributed by atoms with Gasteiger partial charge in [-0.05, 0) is 72.8 Å². The van der Waals surface area contributed by atoms with Gasteiger partial charge in [-0.3, -0.25) is 9.59 Å². The molecule has 2 aromatic rings. The number of phenols is 1. The Morgan fingerprint density at radius 1 is 1.05 bits per heavy atom. The van der Waals surface area contributed by atoms with Crippen molar-refractivity contribution in [3.8, 4) is 23.3 Å². The molecule has 1 fully saturated rings. The number of rotatable bonds is 7. The molecular weight excluding hydrogens is 476 g/mol. The van der Waals surface area contributed by atoms with Gasteiger partial charge in [0.05, 0.1) is 13.0 Å². The van der Waals surface area contributed by atoms with Crippen LogP contribution in [0.15, 0.2) is 42.5 Å². The van der Waals surface area contributed by atoms with Crippen molar-refractivity contribution in [1.82, 2.24) is 0 Å². The summed E-state index contributed by atoms with van der Waals surface area (Å²) in [6.07, 6.45) is 7.69. The third-order valence-electron chi connectivity index (χ3n) is 8.56. The topological polar surface area (TPSA) is 83.8 Å². The van der Waals surface area contributed by atoms with Gasteiger partial charge in [-0.1, -0.05) is 62.4 Å². The number of hydrogen-bond donors (Lipinski definition) is 2. The van der Waals surface area contributed by atoms with Crippen molar-refractivity contribution in [3.05, 3.63) is 59.2 Å². The Bertz CT molecular complexity index is 1180. The quantitative estimate of drug-likeness (QED) is 0.342. The lowest BCUT2D eigenvalue weighted by atomic mass is 9.74. The molecule has 0 spiro atoms. The van der Waals surface area contributed by atoms with E-state index in [1.54, 1.807) is 12.1 Å². The van der Waals surface area contributed by atoms with E-state index < -0.39 is 23.6 Å². The van der Waals surface area contributed by atoms with Gasteiger partial charge in [-0.15, -0.1) is 5.92 Å². The molecular formula is C33H40O5. The minimum Gasteiger partial charge on any atom is -0.504 e. The molecule has 2 aromatic carbocycles. The van der Waals surface area contributed by atoms with Gasteiger partial charge in [-0.2, -0.15) is 0 Å². The van der Waals surface area contributed by atoms with E-state index in [4.69, 9.17) is 4.74 Å². The van der Waals surface area contributed by atoms with Crippen molar-refractivity contribution in [2.24, 2.45) is 11.3 Å². The van der Waals surface area contributed by atoms with Crippen LogP contribution in [0.1, 0.15) is 93.7 Å². The molecule has 0 aliphatic heterocycles. The van der Waals surface area contributed by atoms with Gasteiger partial charge < -0.3 is 14.9 Å². The molecule has 2 aliphatic carbocycles. The van der Waals surface area contributed by atoms with E-state index in [-0.39, 0.29) is 23.5 Å². The summed E-state index contributed by atoms with van der Waals surface area (Å²) in [4.78, 5) is 26.4. The number of aliphatic hydroxyl groups excluding tert-OH is 1. The van der Waals surface area contributed by atoms with Crippen molar-refractivity contribution < 1.29 is 24.5 Å². The van der Waals surface area contributed by atoms with Crippen LogP contribution in [0, 0.1) is 23.2 Å². The molecule has 0 aromatic heterocycles. The minimum atomic E-state index is -1.63. The fourth-order valence-electron chi connectivity index (χ4n) is 6.43. The lowest BCUT2D eigenvalue weighted by molar-refractivity contribution is -0.141. The maximum Gasteiger partial charge on any atom is 0.172 e. The van der Waals surface area contributed by atoms with E-state index >= 15 is 0 Å². The second-order valence-corrected chi connectivity index (χ2v) is 11.1. The Hall–Kier alpha value is -3.10. The molecule has 202 valence electrons. The van der Waals surface area contributed by atoms with Gasteiger partial charge in [0.15, 0.2) is 29.2 Å². The number of methoxy groups -OCH3 is 1. The van der Waals surface area contributed by atoms with Gasteiger partial charge in [0.1, 0.15) is 0 Å². The Morgan fingerprint density at radius 2 is 1.79 bits per heavy atom. The number of aromatic hydroxyl groups is 1. The van der Waals surface area contributed by atoms with Crippen LogP contribution in [0.2, 0.25) is 0 Å². The zero-order valence-electron chi connectivity index (χ0n) is 22.7. The third-order valence-corrected chi connectivity index (χ3v) is 8.56. The molecule has 2 N–H and O–H groups in total. The molecule has 0 saturated heterocycles. The fraction of sp³-hybridized carbons (Fsp3) is 0.515. The highest BCUT2D eigenvalue weighted by Crippen LogP contribution is 2.46. The van der Waals surface area contributed by atoms with Crippen LogP contribution in [0.25, 0.3) is 0 Å². The smallest absolute Gasteiger partial charge is 0.172 e. The summed E-state index contributed by atoms with van der Waals surface area (Å²) in [6.45, 7) is 2.21. The summed E-state index contributed by atoms with van der Waals surface area (Å²) in [7, 11) is 1.48. The van der Waals surface area contributed by atoms with Crippen molar-refractivity contribution in [2.45, 2.75) is 89.6 Å². The predicted octanol–water partition coefficient (Wildman–Crippen LogP) is 6.13. The maximum absolute atomic E-state index is 13.4. The zero-order valence-corrected chi connectivity index (χ0v) is 22.7. The van der Waals surface area contributed by atoms with E-state index in [9.17, 15) is 19.8 Å². The minimum absolute atomic E-state index is 0.0123. The summed E-state index contributed by atoms with van der Waals surface area (Å²) in [5.41, 5.74) is 2.85. The van der Waals surface area contributed by atoms with E-state index in [1.165, 1.54) is 32.8 Å². The molecule has 4 rings (SSSR count). The van der Waals surface area contributed by atoms with Crippen LogP contribution in [-0.2, 0) is 16.0 Å². The molecule has 0 amide bonds. The van der Waals surface area contributed by atoms with Crippen LogP contribution >= 0.6 is 0 Å². The summed E-state index contributed by atoms with van der Waals surface area (Å²) >= 11 is 0. The average molecular weight is 517 g/mol. The van der Waals surface area contributed by atoms with Crippen LogP contribution in [-0.4, -0.2) is 35.0 Å². The van der Waals surface area contributed by atoms with Crippen LogP contribution in [0.5, 0.6) is 11.5 Å². The summed E-state index contributed by atoms with van der Waals surface area (Å²) < 4.78 is 5.32. The number of hydrogen-bond acceptors (Lipinski definition) is 5. The second kappa shape index (κ2) is 12.6. The highest BCUT2D eigenvalue weighted by Gasteiger charge is 2.36. The number of benzene rings is 2. The predicted molar refractivity (Wildman–Crippen MR) is 148 cm³/mol. The first kappa shape index (κ1) is 27.9. The van der Waals surface area contributed by atoms with E-state index in [0.29, 0.717) is 25.0 Å². The van der Waals surface area contributed by atoms with Gasteiger partial charge in [-0.25, -0.2) is 0 Å². The van der Waals surface area contributed by atoms with Crippen molar-refractivity contribution >= 4 is 11.6 Å². The number of fused-ring (bicyclic) bond motifs is 1. The maximum atomic E-state index is 13.4. The monoisotopic (exact) mass is 516 g/mol. The highest BCUT2D eigenvalue weighted by molar-refractivity contribution is 6.06. The lowest BCUT2D eigenvalue weighted by Gasteiger charge is -2.30. The fourth-order valence-corrected chi connectivity index (χ4v) is 6.43. The molecule has 3 atom stereocenters. The van der Waals surface area contributed by atoms with Gasteiger partial charge in [0.2, 0.25) is 0 Å². The van der Waals surface area contributed by atoms with E-state index in [0.717, 1.165) is 36.0 Å². The Balaban J connectivity index is 1.72. The Labute approximate surface area is 226 Å². The molecule has 5 heteroatoms. The number of ether oxygens (including phenoxy) is 1. The standard InChI is InChI=1S/C33H40O5/c1-3-17-33(18-7-8-19-33)20-16-24-12-9-13-26(23-10-5-4-6-11-23)27-22-29(35)30(38-2)21-25(27)14-15-28(34)32(37)31(24)36/h4-6,10-11,21-22,24,26,32,35,37H,3,7-8,12,14-20H2,1-2H3/t24-,26-,32+/m0/s1. The van der Waals surface area contributed by atoms with Crippen LogP contribution in [0.3, 0.4) is 0 Å². The van der Waals surface area contributed by atoms with Crippen LogP contribution < -0.4 is 4.74 Å². The number of ketones is 2. The van der Waals surface area contributed by atoms with Crippen molar-refractivity contribution in [1.29, 1.82) is 0 Å². The molecule has 1 saturated carbocycles. The van der Waals surface area contributed by atoms with Gasteiger partial charge in [0, 0.05) is 18.8 Å². The number of phenolic OH excluding ortho intramolecular Hbond substituents is 1. The third kappa shape index (κ3) is 6.30. The first-order valence-electron chi connectivity index (χ1n) is 14.0. The number of aryl methyl sites for hydroxylation is 1. The number of Topliss-reactive ketones (excluding diaryl/α,β-unsaturated/α-hetero) is 2. The number of carbonyl (C=O) groups excluding carboxylic acids is 2. The molecule has 0 heterocycles. The summed E-state index contributed by atoms with van der Waals surface area (Å²) in [5, 5.41) is 21.4. The number of carbonyl (C=O) groups is 2. The molecule has 38 heavy (non-hydrogen) atoms. The largest absolute Gasteiger partial charge is 0.504 e. The average Bonchev–Trinajstić information content (AvgIpc) is 3.39. The first-order chi connectivity index (χ1) is 18.4. The Morgan fingerprint density at radius 3 is 2.47 bits per heavy atom. The van der Waals surface area contributed by atoms with Crippen LogP contribution in [0.4, 0.5) is 0 Å². The van der Waals surface area contributed by atoms with Crippen molar-refractivity contribution in [2.75, 3.05) is 7.11 Å².